The number of fused-ring (bicyclic) bond motifs is 1. The van der Waals surface area contributed by atoms with Crippen molar-refractivity contribution in [2.24, 2.45) is 0 Å². The fraction of sp³-hybridized carbons (Fsp3) is 0.385. The van der Waals surface area contributed by atoms with E-state index >= 15 is 0 Å². The summed E-state index contributed by atoms with van der Waals surface area (Å²) < 4.78 is 4.73. The molecule has 1 aliphatic carbocycles. The molecule has 1 saturated carbocycles. The molecule has 4 heteroatoms. The second-order valence-corrected chi connectivity index (χ2v) is 4.58. The predicted octanol–water partition coefficient (Wildman–Crippen LogP) is 1.85. The van der Waals surface area contributed by atoms with Gasteiger partial charge in [0, 0.05) is 5.69 Å². The van der Waals surface area contributed by atoms with Crippen LogP contribution in [0, 0.1) is 0 Å². The lowest BCUT2D eigenvalue weighted by Gasteiger charge is -2.09. The largest absolute Gasteiger partial charge is 0.465 e. The van der Waals surface area contributed by atoms with E-state index in [2.05, 4.69) is 5.32 Å². The molecule has 2 aliphatic rings. The van der Waals surface area contributed by atoms with E-state index in [1.165, 1.54) is 7.11 Å². The number of hydrogen-bond acceptors (Lipinski definition) is 3. The van der Waals surface area contributed by atoms with Crippen LogP contribution >= 0.6 is 0 Å². The number of nitrogens with one attached hydrogen (secondary N) is 1. The molecule has 0 radical (unpaired) electrons. The van der Waals surface area contributed by atoms with Gasteiger partial charge in [0.2, 0.25) is 5.91 Å². The van der Waals surface area contributed by atoms with Crippen molar-refractivity contribution < 1.29 is 14.3 Å². The maximum atomic E-state index is 11.6. The van der Waals surface area contributed by atoms with Gasteiger partial charge in [-0.3, -0.25) is 4.79 Å². The van der Waals surface area contributed by atoms with Gasteiger partial charge in [-0.25, -0.2) is 4.79 Å². The van der Waals surface area contributed by atoms with Crippen molar-refractivity contribution >= 4 is 17.6 Å². The summed E-state index contributed by atoms with van der Waals surface area (Å²) in [5.74, 6) is 0.167. The first-order chi connectivity index (χ1) is 8.19. The molecule has 1 aromatic carbocycles. The van der Waals surface area contributed by atoms with Crippen molar-refractivity contribution in [3.05, 3.63) is 28.8 Å². The van der Waals surface area contributed by atoms with E-state index in [9.17, 15) is 9.59 Å². The van der Waals surface area contributed by atoms with Crippen molar-refractivity contribution in [2.45, 2.75) is 25.2 Å². The number of anilines is 1. The molecule has 1 aromatic rings. The fourth-order valence-corrected chi connectivity index (χ4v) is 2.35. The summed E-state index contributed by atoms with van der Waals surface area (Å²) >= 11 is 0. The van der Waals surface area contributed by atoms with E-state index < -0.39 is 0 Å². The minimum Gasteiger partial charge on any atom is -0.465 e. The monoisotopic (exact) mass is 231 g/mol. The van der Waals surface area contributed by atoms with Crippen LogP contribution in [-0.4, -0.2) is 19.0 Å². The number of rotatable bonds is 2. The molecule has 1 fully saturated rings. The predicted molar refractivity (Wildman–Crippen MR) is 62.1 cm³/mol. The lowest BCUT2D eigenvalue weighted by atomic mass is 9.98. The summed E-state index contributed by atoms with van der Waals surface area (Å²) in [6, 6.07) is 3.58. The first-order valence-corrected chi connectivity index (χ1v) is 5.74. The molecule has 0 atom stereocenters. The molecule has 17 heavy (non-hydrogen) atoms. The van der Waals surface area contributed by atoms with Crippen LogP contribution in [0.3, 0.4) is 0 Å². The van der Waals surface area contributed by atoms with Gasteiger partial charge in [0.15, 0.2) is 0 Å². The van der Waals surface area contributed by atoms with Gasteiger partial charge in [-0.15, -0.1) is 0 Å². The normalized spacial score (nSPS) is 17.6. The molecule has 1 aliphatic heterocycles. The fourth-order valence-electron chi connectivity index (χ4n) is 2.35. The van der Waals surface area contributed by atoms with E-state index in [0.29, 0.717) is 17.9 Å². The number of methoxy groups -OCH3 is 1. The van der Waals surface area contributed by atoms with Crippen LogP contribution in [0.1, 0.15) is 40.2 Å². The van der Waals surface area contributed by atoms with E-state index in [4.69, 9.17) is 4.74 Å². The highest BCUT2D eigenvalue weighted by Gasteiger charge is 2.32. The van der Waals surface area contributed by atoms with E-state index in [1.807, 2.05) is 6.07 Å². The van der Waals surface area contributed by atoms with E-state index in [0.717, 1.165) is 29.7 Å². The van der Waals surface area contributed by atoms with Crippen molar-refractivity contribution in [3.8, 4) is 0 Å². The van der Waals surface area contributed by atoms with Gasteiger partial charge in [-0.05, 0) is 42.0 Å². The number of hydrogen-bond donors (Lipinski definition) is 1. The van der Waals surface area contributed by atoms with Crippen LogP contribution in [0.15, 0.2) is 12.1 Å². The van der Waals surface area contributed by atoms with E-state index in [1.54, 1.807) is 6.07 Å². The molecular weight excluding hydrogens is 218 g/mol. The zero-order valence-electron chi connectivity index (χ0n) is 9.58. The summed E-state index contributed by atoms with van der Waals surface area (Å²) in [6.07, 6.45) is 2.72. The Labute approximate surface area is 99.0 Å². The molecule has 1 heterocycles. The second kappa shape index (κ2) is 3.58. The molecule has 1 N–H and O–H groups in total. The Kier molecular flexibility index (Phi) is 2.18. The summed E-state index contributed by atoms with van der Waals surface area (Å²) in [6.45, 7) is 0. The quantitative estimate of drug-likeness (QED) is 0.790. The van der Waals surface area contributed by atoms with Gasteiger partial charge in [0.05, 0.1) is 19.1 Å². The number of carbonyl (C=O) groups is 2. The van der Waals surface area contributed by atoms with Crippen molar-refractivity contribution in [2.75, 3.05) is 12.4 Å². The Morgan fingerprint density at radius 1 is 1.41 bits per heavy atom. The van der Waals surface area contributed by atoms with Crippen LogP contribution < -0.4 is 5.32 Å². The third kappa shape index (κ3) is 1.69. The molecule has 3 rings (SSSR count). The third-order valence-corrected chi connectivity index (χ3v) is 3.33. The molecule has 0 aromatic heterocycles. The summed E-state index contributed by atoms with van der Waals surface area (Å²) in [7, 11) is 1.37. The molecule has 0 spiro atoms. The van der Waals surface area contributed by atoms with Crippen molar-refractivity contribution in [1.82, 2.24) is 0 Å². The van der Waals surface area contributed by atoms with Crippen molar-refractivity contribution in [1.29, 1.82) is 0 Å². The average molecular weight is 231 g/mol. The zero-order chi connectivity index (χ0) is 12.0. The summed E-state index contributed by atoms with van der Waals surface area (Å²) in [4.78, 5) is 23.0. The summed E-state index contributed by atoms with van der Waals surface area (Å²) in [5.41, 5.74) is 3.50. The highest BCUT2D eigenvalue weighted by molar-refractivity contribution is 6.02. The molecular formula is C13H13NO3. The van der Waals surface area contributed by atoms with Gasteiger partial charge in [-0.1, -0.05) is 0 Å². The van der Waals surface area contributed by atoms with Crippen LogP contribution in [0.2, 0.25) is 0 Å². The summed E-state index contributed by atoms with van der Waals surface area (Å²) in [5, 5.41) is 2.79. The number of carbonyl (C=O) groups excluding carboxylic acids is 2. The lowest BCUT2D eigenvalue weighted by Crippen LogP contribution is -2.04. The van der Waals surface area contributed by atoms with Crippen molar-refractivity contribution in [3.63, 3.8) is 0 Å². The Morgan fingerprint density at radius 2 is 2.18 bits per heavy atom. The Morgan fingerprint density at radius 3 is 2.82 bits per heavy atom. The van der Waals surface area contributed by atoms with Gasteiger partial charge in [-0.2, -0.15) is 0 Å². The zero-order valence-corrected chi connectivity index (χ0v) is 9.58. The molecule has 0 unspecified atom stereocenters. The molecule has 1 amide bonds. The van der Waals surface area contributed by atoms with Crippen LogP contribution in [0.25, 0.3) is 0 Å². The number of esters is 1. The topological polar surface area (TPSA) is 55.4 Å². The third-order valence-electron chi connectivity index (χ3n) is 3.33. The van der Waals surface area contributed by atoms with Crippen LogP contribution in [-0.2, 0) is 16.0 Å². The number of benzene rings is 1. The smallest absolute Gasteiger partial charge is 0.337 e. The van der Waals surface area contributed by atoms with Gasteiger partial charge in [0.25, 0.3) is 0 Å². The second-order valence-electron chi connectivity index (χ2n) is 4.58. The highest BCUT2D eigenvalue weighted by Crippen LogP contribution is 2.45. The van der Waals surface area contributed by atoms with Crippen LogP contribution in [0.5, 0.6) is 0 Å². The molecule has 0 saturated heterocycles. The lowest BCUT2D eigenvalue weighted by molar-refractivity contribution is -0.115. The van der Waals surface area contributed by atoms with Gasteiger partial charge in [0.1, 0.15) is 0 Å². The molecule has 88 valence electrons. The molecule has 0 bridgehead atoms. The number of ether oxygens (including phenoxy) is 1. The van der Waals surface area contributed by atoms with Crippen LogP contribution in [0.4, 0.5) is 5.69 Å². The SMILES string of the molecule is COC(=O)c1cc2c(c(C3CC3)c1)CC(=O)N2. The molecule has 4 nitrogen and oxygen atoms in total. The standard InChI is InChI=1S/C13H13NO3/c1-17-13(16)8-4-9(7-2-3-7)10-6-12(15)14-11(10)5-8/h4-5,7H,2-3,6H2,1H3,(H,14,15). The van der Waals surface area contributed by atoms with Gasteiger partial charge < -0.3 is 10.1 Å². The Hall–Kier alpha value is -1.84. The minimum atomic E-state index is -0.351. The highest BCUT2D eigenvalue weighted by atomic mass is 16.5. The van der Waals surface area contributed by atoms with Gasteiger partial charge >= 0.3 is 5.97 Å². The Balaban J connectivity index is 2.10. The van der Waals surface area contributed by atoms with E-state index in [-0.39, 0.29) is 11.9 Å². The first-order valence-electron chi connectivity index (χ1n) is 5.74. The first kappa shape index (κ1) is 10.3. The maximum absolute atomic E-state index is 11.6. The minimum absolute atomic E-state index is 0.00363. The Bertz CT molecular complexity index is 518. The average Bonchev–Trinajstić information content (AvgIpc) is 3.08. The number of amides is 1. The maximum Gasteiger partial charge on any atom is 0.337 e.